The first-order valence-electron chi connectivity index (χ1n) is 10.0. The van der Waals surface area contributed by atoms with E-state index < -0.39 is 5.97 Å². The second-order valence-electron chi connectivity index (χ2n) is 7.17. The van der Waals surface area contributed by atoms with Gasteiger partial charge in [0.15, 0.2) is 6.61 Å². The zero-order valence-electron chi connectivity index (χ0n) is 16.7. The van der Waals surface area contributed by atoms with E-state index in [0.29, 0.717) is 5.69 Å². The minimum Gasteiger partial charge on any atom is -0.455 e. The number of hydrogen-bond acceptors (Lipinski definition) is 5. The first-order chi connectivity index (χ1) is 14.7. The minimum absolute atomic E-state index is 0.128. The van der Waals surface area contributed by atoms with E-state index in [0.717, 1.165) is 48.3 Å². The van der Waals surface area contributed by atoms with Crippen LogP contribution in [0, 0.1) is 0 Å². The number of nitrogens with zero attached hydrogens (tertiary/aromatic N) is 1. The number of amides is 1. The van der Waals surface area contributed by atoms with Gasteiger partial charge in [0.2, 0.25) is 0 Å². The van der Waals surface area contributed by atoms with Gasteiger partial charge in [0.05, 0.1) is 19.6 Å². The van der Waals surface area contributed by atoms with Crippen LogP contribution in [0.1, 0.15) is 5.56 Å². The molecule has 3 aromatic carbocycles. The van der Waals surface area contributed by atoms with Crippen molar-refractivity contribution in [2.24, 2.45) is 0 Å². The molecule has 6 nitrogen and oxygen atoms in total. The molecule has 0 aromatic heterocycles. The Morgan fingerprint density at radius 2 is 1.67 bits per heavy atom. The van der Waals surface area contributed by atoms with E-state index in [2.05, 4.69) is 10.2 Å². The van der Waals surface area contributed by atoms with Gasteiger partial charge >= 0.3 is 5.97 Å². The monoisotopic (exact) mass is 404 g/mol. The van der Waals surface area contributed by atoms with Crippen LogP contribution < -0.4 is 10.2 Å². The summed E-state index contributed by atoms with van der Waals surface area (Å²) in [6.07, 6.45) is 0.128. The van der Waals surface area contributed by atoms with Crippen LogP contribution in [0.2, 0.25) is 0 Å². The van der Waals surface area contributed by atoms with Crippen molar-refractivity contribution in [1.82, 2.24) is 0 Å². The van der Waals surface area contributed by atoms with Crippen LogP contribution in [0.25, 0.3) is 10.8 Å². The molecule has 1 saturated heterocycles. The Hall–Kier alpha value is -3.38. The molecule has 1 aliphatic heterocycles. The smallest absolute Gasteiger partial charge is 0.310 e. The van der Waals surface area contributed by atoms with Crippen LogP contribution >= 0.6 is 0 Å². The Kier molecular flexibility index (Phi) is 6.25. The van der Waals surface area contributed by atoms with Crippen molar-refractivity contribution in [2.75, 3.05) is 43.1 Å². The van der Waals surface area contributed by atoms with Crippen LogP contribution in [-0.2, 0) is 25.5 Å². The molecule has 0 saturated carbocycles. The van der Waals surface area contributed by atoms with Crippen molar-refractivity contribution in [2.45, 2.75) is 6.42 Å². The van der Waals surface area contributed by atoms with Gasteiger partial charge in [0.25, 0.3) is 5.91 Å². The summed E-state index contributed by atoms with van der Waals surface area (Å²) in [7, 11) is 0. The molecule has 0 aliphatic carbocycles. The molecule has 0 radical (unpaired) electrons. The standard InChI is InChI=1S/C24H24N2O4/c27-23(25-20-8-10-21(11-9-20)26-12-14-29-15-13-26)17-30-24(28)16-19-6-3-5-18-4-1-2-7-22(18)19/h1-11H,12-17H2,(H,25,27). The van der Waals surface area contributed by atoms with Gasteiger partial charge in [-0.2, -0.15) is 0 Å². The third-order valence-electron chi connectivity index (χ3n) is 5.11. The minimum atomic E-state index is -0.427. The highest BCUT2D eigenvalue weighted by Crippen LogP contribution is 2.20. The maximum atomic E-state index is 12.2. The van der Waals surface area contributed by atoms with Crippen LogP contribution in [-0.4, -0.2) is 44.8 Å². The number of hydrogen-bond donors (Lipinski definition) is 1. The Balaban J connectivity index is 1.27. The van der Waals surface area contributed by atoms with Gasteiger partial charge in [-0.05, 0) is 40.6 Å². The van der Waals surface area contributed by atoms with Crippen LogP contribution in [0.5, 0.6) is 0 Å². The Morgan fingerprint density at radius 3 is 2.47 bits per heavy atom. The van der Waals surface area contributed by atoms with E-state index in [9.17, 15) is 9.59 Å². The average molecular weight is 404 g/mol. The first-order valence-corrected chi connectivity index (χ1v) is 10.0. The number of nitrogens with one attached hydrogen (secondary N) is 1. The normalized spacial score (nSPS) is 13.8. The highest BCUT2D eigenvalue weighted by Gasteiger charge is 2.13. The van der Waals surface area contributed by atoms with Gasteiger partial charge in [0, 0.05) is 24.5 Å². The molecule has 154 valence electrons. The molecule has 1 amide bonds. The van der Waals surface area contributed by atoms with E-state index in [1.165, 1.54) is 0 Å². The van der Waals surface area contributed by atoms with Gasteiger partial charge in [-0.3, -0.25) is 9.59 Å². The van der Waals surface area contributed by atoms with Gasteiger partial charge in [-0.25, -0.2) is 0 Å². The van der Waals surface area contributed by atoms with E-state index in [1.54, 1.807) is 0 Å². The number of morpholine rings is 1. The van der Waals surface area contributed by atoms with Crippen molar-refractivity contribution in [1.29, 1.82) is 0 Å². The molecule has 0 bridgehead atoms. The second kappa shape index (κ2) is 9.41. The highest BCUT2D eigenvalue weighted by atomic mass is 16.5. The molecule has 1 aliphatic rings. The molecule has 4 rings (SSSR count). The zero-order valence-corrected chi connectivity index (χ0v) is 16.7. The topological polar surface area (TPSA) is 67.9 Å². The lowest BCUT2D eigenvalue weighted by Gasteiger charge is -2.28. The zero-order chi connectivity index (χ0) is 20.8. The molecule has 6 heteroatoms. The number of fused-ring (bicyclic) bond motifs is 1. The van der Waals surface area contributed by atoms with E-state index in [1.807, 2.05) is 66.7 Å². The van der Waals surface area contributed by atoms with Crippen LogP contribution in [0.15, 0.2) is 66.7 Å². The predicted molar refractivity (Wildman–Crippen MR) is 117 cm³/mol. The number of carbonyl (C=O) groups is 2. The third kappa shape index (κ3) is 4.96. The van der Waals surface area contributed by atoms with Crippen molar-refractivity contribution >= 4 is 34.0 Å². The number of carbonyl (C=O) groups excluding carboxylic acids is 2. The Labute approximate surface area is 175 Å². The SMILES string of the molecule is O=C(COC(=O)Cc1cccc2ccccc12)Nc1ccc(N2CCOCC2)cc1. The predicted octanol–water partition coefficient (Wildman–Crippen LogP) is 3.40. The molecule has 1 heterocycles. The third-order valence-corrected chi connectivity index (χ3v) is 5.11. The van der Waals surface area contributed by atoms with Crippen molar-refractivity contribution in [3.63, 3.8) is 0 Å². The number of anilines is 2. The second-order valence-corrected chi connectivity index (χ2v) is 7.17. The Morgan fingerprint density at radius 1 is 0.933 bits per heavy atom. The molecule has 1 N–H and O–H groups in total. The summed E-state index contributed by atoms with van der Waals surface area (Å²) in [5.74, 6) is -0.787. The fourth-order valence-electron chi connectivity index (χ4n) is 3.57. The lowest BCUT2D eigenvalue weighted by molar-refractivity contribution is -0.146. The summed E-state index contributed by atoms with van der Waals surface area (Å²) in [6, 6.07) is 21.3. The maximum absolute atomic E-state index is 12.2. The van der Waals surface area contributed by atoms with E-state index in [4.69, 9.17) is 9.47 Å². The van der Waals surface area contributed by atoms with E-state index in [-0.39, 0.29) is 18.9 Å². The molecule has 3 aromatic rings. The van der Waals surface area contributed by atoms with Crippen LogP contribution in [0.4, 0.5) is 11.4 Å². The number of ether oxygens (including phenoxy) is 2. The number of esters is 1. The van der Waals surface area contributed by atoms with Crippen molar-refractivity contribution in [3.8, 4) is 0 Å². The lowest BCUT2D eigenvalue weighted by atomic mass is 10.0. The van der Waals surface area contributed by atoms with Gasteiger partial charge in [0.1, 0.15) is 0 Å². The first kappa shape index (κ1) is 19.9. The highest BCUT2D eigenvalue weighted by molar-refractivity contribution is 5.93. The average Bonchev–Trinajstić information content (AvgIpc) is 2.79. The molecule has 0 unspecified atom stereocenters. The van der Waals surface area contributed by atoms with Crippen molar-refractivity contribution in [3.05, 3.63) is 72.3 Å². The Bertz CT molecular complexity index is 1020. The maximum Gasteiger partial charge on any atom is 0.310 e. The number of benzene rings is 3. The molecular formula is C24H24N2O4. The molecule has 1 fully saturated rings. The summed E-state index contributed by atoms with van der Waals surface area (Å²) in [4.78, 5) is 26.6. The van der Waals surface area contributed by atoms with Gasteiger partial charge < -0.3 is 19.7 Å². The summed E-state index contributed by atoms with van der Waals surface area (Å²) in [6.45, 7) is 2.86. The molecule has 30 heavy (non-hydrogen) atoms. The molecular weight excluding hydrogens is 380 g/mol. The quantitative estimate of drug-likeness (QED) is 0.638. The van der Waals surface area contributed by atoms with E-state index >= 15 is 0 Å². The van der Waals surface area contributed by atoms with Crippen LogP contribution in [0.3, 0.4) is 0 Å². The summed E-state index contributed by atoms with van der Waals surface area (Å²) >= 11 is 0. The fourth-order valence-corrected chi connectivity index (χ4v) is 3.57. The van der Waals surface area contributed by atoms with Crippen molar-refractivity contribution < 1.29 is 19.1 Å². The molecule has 0 spiro atoms. The van der Waals surface area contributed by atoms with Gasteiger partial charge in [-0.1, -0.05) is 42.5 Å². The summed E-state index contributed by atoms with van der Waals surface area (Å²) in [5, 5.41) is 4.85. The summed E-state index contributed by atoms with van der Waals surface area (Å²) < 4.78 is 10.5. The number of rotatable bonds is 6. The largest absolute Gasteiger partial charge is 0.455 e. The molecule has 0 atom stereocenters. The summed E-state index contributed by atoms with van der Waals surface area (Å²) in [5.41, 5.74) is 2.65. The fraction of sp³-hybridized carbons (Fsp3) is 0.250. The lowest BCUT2D eigenvalue weighted by Crippen LogP contribution is -2.36. The van der Waals surface area contributed by atoms with Gasteiger partial charge in [-0.15, -0.1) is 0 Å².